The van der Waals surface area contributed by atoms with Crippen LogP contribution in [0.15, 0.2) is 56.2 Å². The molecule has 4 rings (SSSR count). The van der Waals surface area contributed by atoms with Crippen LogP contribution in [0.25, 0.3) is 0 Å². The topological polar surface area (TPSA) is 34.1 Å². The highest BCUT2D eigenvalue weighted by Gasteiger charge is 2.34. The van der Waals surface area contributed by atoms with Gasteiger partial charge in [-0.25, -0.2) is 0 Å². The molecule has 0 N–H and O–H groups in total. The van der Waals surface area contributed by atoms with E-state index in [4.69, 9.17) is 0 Å². The van der Waals surface area contributed by atoms with Crippen LogP contribution >= 0.6 is 0 Å². The van der Waals surface area contributed by atoms with Gasteiger partial charge in [-0.3, -0.25) is 9.59 Å². The van der Waals surface area contributed by atoms with E-state index in [9.17, 15) is 9.59 Å². The molecule has 25 heavy (non-hydrogen) atoms. The van der Waals surface area contributed by atoms with Crippen LogP contribution in [0.2, 0.25) is 0 Å². The predicted octanol–water partition coefficient (Wildman–Crippen LogP) is 5.47. The molecule has 0 fully saturated rings. The molecule has 0 atom stereocenters. The van der Waals surface area contributed by atoms with Gasteiger partial charge in [0.25, 0.3) is 0 Å². The standard InChI is InChI=1S/C23H26O2/c1-13-12-20(16-8-4-6-10-18(16)22(13)24)21-14(2)15(3)23(25)19-11-7-5-9-17(19)21/h12H,4-11H2,1-3H3/b21-20+. The van der Waals surface area contributed by atoms with Crippen LogP contribution in [0.1, 0.15) is 72.1 Å². The van der Waals surface area contributed by atoms with Crippen molar-refractivity contribution in [3.8, 4) is 0 Å². The number of rotatable bonds is 0. The van der Waals surface area contributed by atoms with Crippen molar-refractivity contribution in [1.82, 2.24) is 0 Å². The molecule has 0 saturated carbocycles. The molecule has 0 aliphatic heterocycles. The first kappa shape index (κ1) is 16.5. The third kappa shape index (κ3) is 2.46. The van der Waals surface area contributed by atoms with E-state index in [1.807, 2.05) is 13.8 Å². The van der Waals surface area contributed by atoms with Gasteiger partial charge in [0.15, 0.2) is 11.6 Å². The summed E-state index contributed by atoms with van der Waals surface area (Å²) in [6.45, 7) is 6.01. The van der Waals surface area contributed by atoms with E-state index >= 15 is 0 Å². The van der Waals surface area contributed by atoms with E-state index in [-0.39, 0.29) is 11.6 Å². The van der Waals surface area contributed by atoms with Gasteiger partial charge in [0.05, 0.1) is 0 Å². The van der Waals surface area contributed by atoms with Gasteiger partial charge in [0, 0.05) is 16.7 Å². The van der Waals surface area contributed by atoms with E-state index in [2.05, 4.69) is 13.0 Å². The average Bonchev–Trinajstić information content (AvgIpc) is 2.64. The highest BCUT2D eigenvalue weighted by Crippen LogP contribution is 2.46. The molecule has 2 nitrogen and oxygen atoms in total. The van der Waals surface area contributed by atoms with Gasteiger partial charge >= 0.3 is 0 Å². The Labute approximate surface area is 150 Å². The Balaban J connectivity index is 2.02. The van der Waals surface area contributed by atoms with E-state index in [1.54, 1.807) is 0 Å². The normalized spacial score (nSPS) is 27.6. The van der Waals surface area contributed by atoms with Crippen molar-refractivity contribution >= 4 is 11.6 Å². The first-order chi connectivity index (χ1) is 12.0. The van der Waals surface area contributed by atoms with Gasteiger partial charge in [0.1, 0.15) is 0 Å². The van der Waals surface area contributed by atoms with Gasteiger partial charge in [-0.05, 0) is 112 Å². The van der Waals surface area contributed by atoms with Crippen molar-refractivity contribution in [2.75, 3.05) is 0 Å². The van der Waals surface area contributed by atoms with Crippen molar-refractivity contribution in [1.29, 1.82) is 0 Å². The lowest BCUT2D eigenvalue weighted by molar-refractivity contribution is -0.113. The summed E-state index contributed by atoms with van der Waals surface area (Å²) in [4.78, 5) is 25.4. The number of hydrogen-bond acceptors (Lipinski definition) is 2. The molecular weight excluding hydrogens is 308 g/mol. The molecule has 0 aromatic rings. The van der Waals surface area contributed by atoms with Crippen LogP contribution in [-0.4, -0.2) is 11.6 Å². The van der Waals surface area contributed by atoms with Crippen LogP contribution in [0.3, 0.4) is 0 Å². The molecule has 0 spiro atoms. The van der Waals surface area contributed by atoms with E-state index in [0.29, 0.717) is 0 Å². The average molecular weight is 334 g/mol. The Morgan fingerprint density at radius 2 is 1.16 bits per heavy atom. The summed E-state index contributed by atoms with van der Waals surface area (Å²) in [6, 6.07) is 0. The Bertz CT molecular complexity index is 853. The number of hydrogen-bond donors (Lipinski definition) is 0. The minimum absolute atomic E-state index is 0.238. The largest absolute Gasteiger partial charge is 0.289 e. The zero-order valence-corrected chi connectivity index (χ0v) is 15.6. The molecule has 4 aliphatic rings. The lowest BCUT2D eigenvalue weighted by Gasteiger charge is -2.33. The van der Waals surface area contributed by atoms with Crippen LogP contribution in [0.5, 0.6) is 0 Å². The molecule has 0 heterocycles. The number of ketones is 2. The van der Waals surface area contributed by atoms with E-state index in [1.165, 1.54) is 22.3 Å². The highest BCUT2D eigenvalue weighted by molar-refractivity contribution is 6.13. The van der Waals surface area contributed by atoms with Crippen molar-refractivity contribution in [3.63, 3.8) is 0 Å². The first-order valence-corrected chi connectivity index (χ1v) is 9.65. The van der Waals surface area contributed by atoms with Gasteiger partial charge in [-0.15, -0.1) is 0 Å². The van der Waals surface area contributed by atoms with Gasteiger partial charge in [0.2, 0.25) is 0 Å². The maximum Gasteiger partial charge on any atom is 0.185 e. The summed E-state index contributed by atoms with van der Waals surface area (Å²) >= 11 is 0. The summed E-state index contributed by atoms with van der Waals surface area (Å²) < 4.78 is 0. The Hall–Kier alpha value is -1.96. The van der Waals surface area contributed by atoms with Crippen LogP contribution in [0.4, 0.5) is 0 Å². The van der Waals surface area contributed by atoms with Crippen molar-refractivity contribution in [3.05, 3.63) is 56.2 Å². The zero-order chi connectivity index (χ0) is 17.7. The Morgan fingerprint density at radius 1 is 0.640 bits per heavy atom. The molecule has 0 saturated heterocycles. The number of Topliss-reactive ketones (excluding diaryl/α,β-unsaturated/α-hetero) is 2. The second-order valence-electron chi connectivity index (χ2n) is 7.85. The van der Waals surface area contributed by atoms with E-state index in [0.717, 1.165) is 79.2 Å². The monoisotopic (exact) mass is 334 g/mol. The van der Waals surface area contributed by atoms with Gasteiger partial charge < -0.3 is 0 Å². The lowest BCUT2D eigenvalue weighted by Crippen LogP contribution is -2.22. The maximum atomic E-state index is 12.8. The minimum Gasteiger partial charge on any atom is -0.289 e. The van der Waals surface area contributed by atoms with Crippen molar-refractivity contribution in [2.24, 2.45) is 0 Å². The maximum absolute atomic E-state index is 12.8. The molecule has 0 unspecified atom stereocenters. The molecule has 130 valence electrons. The fourth-order valence-electron chi connectivity index (χ4n) is 4.89. The minimum atomic E-state index is 0.238. The second kappa shape index (κ2) is 6.09. The summed E-state index contributed by atoms with van der Waals surface area (Å²) in [5.74, 6) is 0.490. The molecule has 0 aromatic heterocycles. The van der Waals surface area contributed by atoms with Crippen LogP contribution in [0, 0.1) is 0 Å². The third-order valence-electron chi connectivity index (χ3n) is 6.38. The second-order valence-corrected chi connectivity index (χ2v) is 7.85. The van der Waals surface area contributed by atoms with E-state index < -0.39 is 0 Å². The number of carbonyl (C=O) groups is 2. The molecular formula is C23H26O2. The molecule has 0 bridgehead atoms. The quantitative estimate of drug-likeness (QED) is 0.588. The SMILES string of the molecule is CC1=C/C(=C2/C(C)=C(C)C(=O)C3=C2CCCC3)C2=C(CCCC2)C1=O. The van der Waals surface area contributed by atoms with Gasteiger partial charge in [-0.1, -0.05) is 0 Å². The zero-order valence-electron chi connectivity index (χ0n) is 15.6. The summed E-state index contributed by atoms with van der Waals surface area (Å²) in [6.07, 6.45) is 10.4. The number of carbonyl (C=O) groups excluding carboxylic acids is 2. The smallest absolute Gasteiger partial charge is 0.185 e. The molecule has 0 amide bonds. The summed E-state index contributed by atoms with van der Waals surface area (Å²) in [5, 5.41) is 0. The third-order valence-corrected chi connectivity index (χ3v) is 6.38. The highest BCUT2D eigenvalue weighted by atomic mass is 16.1. The summed E-state index contributed by atoms with van der Waals surface area (Å²) in [7, 11) is 0. The fraction of sp³-hybridized carbons (Fsp3) is 0.478. The first-order valence-electron chi connectivity index (χ1n) is 9.65. The van der Waals surface area contributed by atoms with Gasteiger partial charge in [-0.2, -0.15) is 0 Å². The molecule has 0 radical (unpaired) electrons. The van der Waals surface area contributed by atoms with Crippen molar-refractivity contribution in [2.45, 2.75) is 72.1 Å². The lowest BCUT2D eigenvalue weighted by atomic mass is 9.70. The summed E-state index contributed by atoms with van der Waals surface area (Å²) in [5.41, 5.74) is 9.98. The van der Waals surface area contributed by atoms with Crippen LogP contribution in [-0.2, 0) is 9.59 Å². The molecule has 0 aromatic carbocycles. The Kier molecular flexibility index (Phi) is 4.02. The Morgan fingerprint density at radius 3 is 1.80 bits per heavy atom. The van der Waals surface area contributed by atoms with Crippen molar-refractivity contribution < 1.29 is 9.59 Å². The molecule has 2 heteroatoms. The predicted molar refractivity (Wildman–Crippen MR) is 100 cm³/mol. The molecule has 4 aliphatic carbocycles. The van der Waals surface area contributed by atoms with Crippen LogP contribution < -0.4 is 0 Å². The number of allylic oxidation sites excluding steroid dienone is 10. The fourth-order valence-corrected chi connectivity index (χ4v) is 4.89.